The van der Waals surface area contributed by atoms with Crippen molar-refractivity contribution in [3.8, 4) is 0 Å². The third kappa shape index (κ3) is 5.80. The number of hydrogen-bond acceptors (Lipinski definition) is 4. The minimum absolute atomic E-state index is 0.201. The van der Waals surface area contributed by atoms with E-state index in [1.54, 1.807) is 0 Å². The van der Waals surface area contributed by atoms with Gasteiger partial charge >= 0.3 is 11.9 Å². The summed E-state index contributed by atoms with van der Waals surface area (Å²) in [6, 6.07) is 25.6. The average Bonchev–Trinajstić information content (AvgIpc) is 3.57. The lowest BCUT2D eigenvalue weighted by Gasteiger charge is -2.33. The van der Waals surface area contributed by atoms with Gasteiger partial charge in [-0.15, -0.1) is 0 Å². The molecule has 1 aliphatic carbocycles. The van der Waals surface area contributed by atoms with Crippen LogP contribution in [0.15, 0.2) is 131 Å². The zero-order chi connectivity index (χ0) is 40.4. The Kier molecular flexibility index (Phi) is 9.62. The monoisotopic (exact) mass is 759 g/mol. The van der Waals surface area contributed by atoms with E-state index in [9.17, 15) is 14.4 Å². The number of rotatable bonds is 6. The largest absolute Gasteiger partial charge is 0.438 e. The molecule has 4 aliphatic rings. The smallest absolute Gasteiger partial charge is 0.344 e. The fourth-order valence-corrected chi connectivity index (χ4v) is 10.2. The molecule has 2 fully saturated rings. The Hall–Kier alpha value is -5.69. The predicted molar refractivity (Wildman–Crippen MR) is 235 cm³/mol. The molecule has 3 aliphatic heterocycles. The summed E-state index contributed by atoms with van der Waals surface area (Å²) in [5, 5.41) is 4.97. The molecule has 4 amide bonds. The molecule has 8 rings (SSSR count). The Morgan fingerprint density at radius 3 is 1.44 bits per heavy atom. The maximum atomic E-state index is 14.4. The zero-order valence-corrected chi connectivity index (χ0v) is 34.7. The first kappa shape index (κ1) is 38.2. The molecule has 1 N–H and O–H groups in total. The normalized spacial score (nSPS) is 23.3. The Labute approximate surface area is 337 Å². The SMILES string of the molecule is CCN1C(=O)C(=C2/C(=C/C=C3N(CC)c4ccc5ccccc5c4C3(C)C)CCC/C2=C\C=C2\N(CC)c3ccc4ccccc4c3C2(C)C)C(=[OH+])N(CC)C1=O. The molecule has 3 heterocycles. The van der Waals surface area contributed by atoms with Gasteiger partial charge < -0.3 is 9.80 Å². The van der Waals surface area contributed by atoms with Crippen molar-refractivity contribution in [2.75, 3.05) is 36.0 Å². The van der Waals surface area contributed by atoms with Crippen molar-refractivity contribution >= 4 is 50.8 Å². The van der Waals surface area contributed by atoms with E-state index in [0.29, 0.717) is 0 Å². The second-order valence-electron chi connectivity index (χ2n) is 16.6. The Morgan fingerprint density at radius 1 is 0.561 bits per heavy atom. The fourth-order valence-electron chi connectivity index (χ4n) is 10.2. The summed E-state index contributed by atoms with van der Waals surface area (Å²) in [4.78, 5) is 47.2. The third-order valence-corrected chi connectivity index (χ3v) is 12.8. The number of carbonyl (C=O) groups is 2. The van der Waals surface area contributed by atoms with Crippen LogP contribution >= 0.6 is 0 Å². The predicted octanol–water partition coefficient (Wildman–Crippen LogP) is 10.8. The van der Waals surface area contributed by atoms with Crippen molar-refractivity contribution in [3.63, 3.8) is 0 Å². The standard InChI is InChI=1S/C50H54N4O3/c1-9-51-38-28-24-32-18-13-15-22-36(32)44(38)49(5,6)40(51)30-26-34-20-17-21-35(42(34)43-46(55)53(11-3)48(57)54(12-4)47(43)56)27-31-41-50(7,8)45-37-23-16-14-19-33(37)25-29-39(45)52(41)10-2/h13-16,18-19,22-31H,9-12,17,20-21H2,1-8H3/p+1/b34-26+,35-27+,40-30+,41-31?. The average molecular weight is 760 g/mol. The minimum atomic E-state index is -0.490. The molecular weight excluding hydrogens is 705 g/mol. The van der Waals surface area contributed by atoms with Gasteiger partial charge in [0.05, 0.1) is 0 Å². The van der Waals surface area contributed by atoms with Gasteiger partial charge in [-0.2, -0.15) is 0 Å². The highest BCUT2D eigenvalue weighted by Crippen LogP contribution is 2.52. The molecule has 0 unspecified atom stereocenters. The summed E-state index contributed by atoms with van der Waals surface area (Å²) in [6.45, 7) is 19.3. The van der Waals surface area contributed by atoms with Gasteiger partial charge in [0.1, 0.15) is 0 Å². The van der Waals surface area contributed by atoms with Crippen LogP contribution in [-0.2, 0) is 15.6 Å². The summed E-state index contributed by atoms with van der Waals surface area (Å²) in [5.41, 5.74) is 9.77. The maximum absolute atomic E-state index is 14.4. The van der Waals surface area contributed by atoms with Gasteiger partial charge in [0, 0.05) is 65.4 Å². The maximum Gasteiger partial charge on any atom is 0.438 e. The second-order valence-corrected chi connectivity index (χ2v) is 16.6. The summed E-state index contributed by atoms with van der Waals surface area (Å²) in [5.74, 6) is -0.721. The number of imide groups is 2. The van der Waals surface area contributed by atoms with Crippen LogP contribution in [0.2, 0.25) is 0 Å². The number of hydrogen-bond donors (Lipinski definition) is 0. The van der Waals surface area contributed by atoms with Gasteiger partial charge in [0.25, 0.3) is 5.91 Å². The van der Waals surface area contributed by atoms with Gasteiger partial charge in [0.15, 0.2) is 5.57 Å². The van der Waals surface area contributed by atoms with Gasteiger partial charge in [-0.3, -0.25) is 14.5 Å². The molecule has 57 heavy (non-hydrogen) atoms. The highest BCUT2D eigenvalue weighted by molar-refractivity contribution is 6.30. The first-order valence-electron chi connectivity index (χ1n) is 20.8. The van der Waals surface area contributed by atoms with Crippen LogP contribution < -0.4 is 9.80 Å². The Morgan fingerprint density at radius 2 is 1.00 bits per heavy atom. The first-order valence-corrected chi connectivity index (χ1v) is 20.8. The molecule has 4 aromatic carbocycles. The van der Waals surface area contributed by atoms with Crippen LogP contribution in [0.1, 0.15) is 85.8 Å². The number of barbiturate groups is 1. The van der Waals surface area contributed by atoms with Crippen molar-refractivity contribution < 1.29 is 14.4 Å². The summed E-state index contributed by atoms with van der Waals surface area (Å²) < 4.78 is 0. The van der Waals surface area contributed by atoms with Crippen molar-refractivity contribution in [2.24, 2.45) is 0 Å². The zero-order valence-electron chi connectivity index (χ0n) is 34.7. The van der Waals surface area contributed by atoms with E-state index in [1.165, 1.54) is 65.2 Å². The lowest BCUT2D eigenvalue weighted by atomic mass is 9.78. The summed E-state index contributed by atoms with van der Waals surface area (Å²) >= 11 is 0. The van der Waals surface area contributed by atoms with E-state index in [4.69, 9.17) is 0 Å². The fraction of sp³-hybridized carbons (Fsp3) is 0.340. The number of nitrogens with zero attached hydrogens (tertiary/aromatic N) is 4. The lowest BCUT2D eigenvalue weighted by molar-refractivity contribution is -0.124. The molecule has 7 heteroatoms. The van der Waals surface area contributed by atoms with Crippen molar-refractivity contribution in [1.29, 1.82) is 0 Å². The minimum Gasteiger partial charge on any atom is -0.344 e. The number of benzene rings is 4. The van der Waals surface area contributed by atoms with Crippen LogP contribution in [-0.4, -0.2) is 58.6 Å². The Bertz CT molecular complexity index is 2360. The van der Waals surface area contributed by atoms with Gasteiger partial charge in [-0.25, -0.2) is 9.69 Å². The number of fused-ring (bicyclic) bond motifs is 6. The van der Waals surface area contributed by atoms with E-state index in [2.05, 4.69) is 148 Å². The Balaban J connectivity index is 1.31. The quantitative estimate of drug-likeness (QED) is 0.112. The van der Waals surface area contributed by atoms with E-state index >= 15 is 0 Å². The first-order chi connectivity index (χ1) is 27.4. The van der Waals surface area contributed by atoms with Crippen LogP contribution in [0.5, 0.6) is 0 Å². The van der Waals surface area contributed by atoms with Crippen molar-refractivity contribution in [1.82, 2.24) is 9.80 Å². The van der Waals surface area contributed by atoms with E-state index in [-0.39, 0.29) is 35.4 Å². The molecule has 0 radical (unpaired) electrons. The van der Waals surface area contributed by atoms with Gasteiger partial charge in [-0.1, -0.05) is 101 Å². The molecule has 0 spiro atoms. The van der Waals surface area contributed by atoms with Gasteiger partial charge in [0.2, 0.25) is 0 Å². The number of urea groups is 1. The molecule has 4 aromatic rings. The molecule has 1 saturated carbocycles. The van der Waals surface area contributed by atoms with Crippen LogP contribution in [0, 0.1) is 0 Å². The lowest BCUT2D eigenvalue weighted by Crippen LogP contribution is -2.56. The van der Waals surface area contributed by atoms with Crippen LogP contribution in [0.25, 0.3) is 21.5 Å². The molecule has 292 valence electrons. The van der Waals surface area contributed by atoms with E-state index in [1.807, 2.05) is 13.8 Å². The molecular formula is C50H55N4O3+. The number of anilines is 2. The number of amides is 4. The van der Waals surface area contributed by atoms with Crippen molar-refractivity contribution in [2.45, 2.75) is 85.5 Å². The number of carbonyl (C=O) groups excluding carboxylic acids is 3. The summed E-state index contributed by atoms with van der Waals surface area (Å²) in [7, 11) is 0. The van der Waals surface area contributed by atoms with E-state index in [0.717, 1.165) is 49.1 Å². The third-order valence-electron chi connectivity index (χ3n) is 12.8. The molecule has 0 bridgehead atoms. The second kappa shape index (κ2) is 14.4. The number of allylic oxidation sites excluding steroid dienone is 9. The molecule has 1 saturated heterocycles. The summed E-state index contributed by atoms with van der Waals surface area (Å²) in [6.07, 6.45) is 11.2. The number of likely N-dealkylation sites (N-methyl/N-ethyl adjacent to an activating group) is 4. The highest BCUT2D eigenvalue weighted by atomic mass is 16.2. The topological polar surface area (TPSA) is 68.5 Å². The van der Waals surface area contributed by atoms with E-state index < -0.39 is 11.9 Å². The molecule has 0 aromatic heterocycles. The van der Waals surface area contributed by atoms with Crippen molar-refractivity contribution in [3.05, 3.63) is 142 Å². The van der Waals surface area contributed by atoms with Crippen LogP contribution in [0.4, 0.5) is 16.2 Å². The van der Waals surface area contributed by atoms with Crippen LogP contribution in [0.3, 0.4) is 0 Å². The highest BCUT2D eigenvalue weighted by Gasteiger charge is 2.48. The van der Waals surface area contributed by atoms with Gasteiger partial charge in [-0.05, 0) is 115 Å². The molecule has 0 atom stereocenters. The molecule has 7 nitrogen and oxygen atoms in total.